The Labute approximate surface area is 158 Å². The number of fused-ring (bicyclic) bond motifs is 5. The molecule has 2 aromatic carbocycles. The summed E-state index contributed by atoms with van der Waals surface area (Å²) < 4.78 is 2.24. The quantitative estimate of drug-likeness (QED) is 0.628. The van der Waals surface area contributed by atoms with Gasteiger partial charge in [0.25, 0.3) is 0 Å². The minimum atomic E-state index is -0.154. The van der Waals surface area contributed by atoms with Crippen molar-refractivity contribution in [2.24, 2.45) is 5.92 Å². The molecule has 0 radical (unpaired) electrons. The average molecular weight is 363 g/mol. The van der Waals surface area contributed by atoms with Crippen molar-refractivity contribution in [1.29, 1.82) is 0 Å². The van der Waals surface area contributed by atoms with Crippen LogP contribution in [0.15, 0.2) is 24.3 Å². The van der Waals surface area contributed by atoms with Crippen LogP contribution in [0.4, 0.5) is 0 Å². The molecule has 0 amide bonds. The number of rotatable bonds is 5. The van der Waals surface area contributed by atoms with Crippen LogP contribution in [0.2, 0.25) is 0 Å². The number of phenolic OH excluding ortho intramolecular Hbond substituents is 1. The predicted molar refractivity (Wildman–Crippen MR) is 108 cm³/mol. The van der Waals surface area contributed by atoms with E-state index < -0.39 is 0 Å². The number of carbonyl (C=O) groups excluding carboxylic acids is 2. The van der Waals surface area contributed by atoms with E-state index in [0.29, 0.717) is 17.9 Å². The third-order valence-corrected chi connectivity index (χ3v) is 5.70. The lowest BCUT2D eigenvalue weighted by Crippen LogP contribution is -2.00. The summed E-state index contributed by atoms with van der Waals surface area (Å²) in [5, 5.41) is 12.4. The molecule has 0 fully saturated rings. The van der Waals surface area contributed by atoms with Gasteiger partial charge in [-0.3, -0.25) is 9.59 Å². The van der Waals surface area contributed by atoms with Gasteiger partial charge in [0.05, 0.1) is 11.1 Å². The Morgan fingerprint density at radius 3 is 2.67 bits per heavy atom. The molecule has 1 heterocycles. The monoisotopic (exact) mass is 363 g/mol. The number of aromatic hydroxyl groups is 1. The van der Waals surface area contributed by atoms with Crippen molar-refractivity contribution in [3.05, 3.63) is 41.0 Å². The van der Waals surface area contributed by atoms with E-state index in [4.69, 9.17) is 0 Å². The second-order valence-electron chi connectivity index (χ2n) is 8.04. The Bertz CT molecular complexity index is 1090. The molecule has 0 spiro atoms. The van der Waals surface area contributed by atoms with E-state index in [2.05, 4.69) is 18.4 Å². The number of carbonyl (C=O) groups is 2. The maximum absolute atomic E-state index is 12.2. The molecule has 4 rings (SSSR count). The Kier molecular flexibility index (Phi) is 4.29. The Morgan fingerprint density at radius 1 is 1.19 bits per heavy atom. The van der Waals surface area contributed by atoms with Crippen molar-refractivity contribution < 1.29 is 14.7 Å². The smallest absolute Gasteiger partial charge is 0.163 e. The first-order valence-corrected chi connectivity index (χ1v) is 9.73. The number of hydrogen-bond acceptors (Lipinski definition) is 3. The number of hydrogen-bond donors (Lipinski definition) is 1. The molecule has 4 nitrogen and oxygen atoms in total. The molecule has 0 unspecified atom stereocenters. The van der Waals surface area contributed by atoms with E-state index in [1.807, 2.05) is 12.1 Å². The molecule has 1 aliphatic rings. The van der Waals surface area contributed by atoms with Crippen molar-refractivity contribution in [3.63, 3.8) is 0 Å². The fourth-order valence-electron chi connectivity index (χ4n) is 4.37. The summed E-state index contributed by atoms with van der Waals surface area (Å²) in [6, 6.07) is 7.48. The summed E-state index contributed by atoms with van der Waals surface area (Å²) in [4.78, 5) is 24.2. The van der Waals surface area contributed by atoms with Crippen LogP contribution in [0.25, 0.3) is 21.8 Å². The summed E-state index contributed by atoms with van der Waals surface area (Å²) in [5.74, 6) is 0.699. The zero-order valence-electron chi connectivity index (χ0n) is 16.1. The molecule has 1 N–H and O–H groups in total. The Balaban J connectivity index is 2.01. The van der Waals surface area contributed by atoms with Crippen molar-refractivity contribution in [3.8, 4) is 5.75 Å². The van der Waals surface area contributed by atoms with Gasteiger partial charge in [-0.1, -0.05) is 13.8 Å². The van der Waals surface area contributed by atoms with Crippen LogP contribution in [0.1, 0.15) is 66.3 Å². The van der Waals surface area contributed by atoms with Gasteiger partial charge >= 0.3 is 0 Å². The maximum atomic E-state index is 12.2. The second kappa shape index (κ2) is 6.52. The molecule has 4 heteroatoms. The first-order chi connectivity index (χ1) is 12.9. The molecule has 140 valence electrons. The maximum Gasteiger partial charge on any atom is 0.163 e. The van der Waals surface area contributed by atoms with Crippen LogP contribution in [0, 0.1) is 5.92 Å². The van der Waals surface area contributed by atoms with Gasteiger partial charge in [0, 0.05) is 40.9 Å². The minimum Gasteiger partial charge on any atom is -0.507 e. The Hall–Kier alpha value is -2.62. The van der Waals surface area contributed by atoms with Gasteiger partial charge in [-0.05, 0) is 55.9 Å². The third kappa shape index (κ3) is 2.84. The largest absolute Gasteiger partial charge is 0.507 e. The van der Waals surface area contributed by atoms with Crippen molar-refractivity contribution in [2.45, 2.75) is 53.0 Å². The molecule has 0 saturated carbocycles. The number of aromatic nitrogens is 1. The molecular formula is C23H25NO3. The predicted octanol–water partition coefficient (Wildman–Crippen LogP) is 5.27. The first-order valence-electron chi connectivity index (χ1n) is 9.73. The summed E-state index contributed by atoms with van der Waals surface area (Å²) in [7, 11) is 0. The third-order valence-electron chi connectivity index (χ3n) is 5.70. The summed E-state index contributed by atoms with van der Waals surface area (Å²) in [5.41, 5.74) is 4.25. The highest BCUT2D eigenvalue weighted by Gasteiger charge is 2.25. The fraction of sp³-hybridized carbons (Fsp3) is 0.391. The van der Waals surface area contributed by atoms with Crippen molar-refractivity contribution in [2.75, 3.05) is 0 Å². The molecule has 0 saturated heterocycles. The number of benzene rings is 2. The van der Waals surface area contributed by atoms with Gasteiger partial charge in [0.1, 0.15) is 5.75 Å². The zero-order valence-corrected chi connectivity index (χ0v) is 16.1. The molecule has 0 atom stereocenters. The number of Topliss-reactive ketones (excluding diaryl/α,β-unsaturated/α-hetero) is 2. The number of aryl methyl sites for hydroxylation is 2. The van der Waals surface area contributed by atoms with Gasteiger partial charge in [0.15, 0.2) is 11.6 Å². The van der Waals surface area contributed by atoms with Crippen LogP contribution in [-0.2, 0) is 13.0 Å². The summed E-state index contributed by atoms with van der Waals surface area (Å²) in [6.07, 6.45) is 3.46. The number of ketones is 2. The van der Waals surface area contributed by atoms with Crippen LogP contribution >= 0.6 is 0 Å². The molecule has 0 bridgehead atoms. The summed E-state index contributed by atoms with van der Waals surface area (Å²) in [6.45, 7) is 6.76. The number of phenols is 1. The van der Waals surface area contributed by atoms with E-state index in [1.165, 1.54) is 6.92 Å². The van der Waals surface area contributed by atoms with Crippen molar-refractivity contribution >= 4 is 33.4 Å². The standard InChI is InChI=1S/C23H25NO3/c1-13(2)5-4-10-24-19-8-6-15-16(7-9-21(15)26)23(19)18-11-17(14(3)25)22(27)12-20(18)24/h6,8,11-13,27H,4-5,7,9-10H2,1-3H3. The van der Waals surface area contributed by atoms with E-state index >= 15 is 0 Å². The summed E-state index contributed by atoms with van der Waals surface area (Å²) >= 11 is 0. The lowest BCUT2D eigenvalue weighted by Gasteiger charge is -2.10. The fourth-order valence-corrected chi connectivity index (χ4v) is 4.37. The van der Waals surface area contributed by atoms with E-state index in [9.17, 15) is 14.7 Å². The SMILES string of the molecule is CC(=O)c1cc2c3c4c(ccc3n(CCCC(C)C)c2cc1O)C(=O)CC4. The van der Waals surface area contributed by atoms with Gasteiger partial charge in [-0.2, -0.15) is 0 Å². The van der Waals surface area contributed by atoms with Crippen LogP contribution in [-0.4, -0.2) is 21.2 Å². The highest BCUT2D eigenvalue weighted by molar-refractivity contribution is 6.16. The van der Waals surface area contributed by atoms with E-state index in [1.54, 1.807) is 12.1 Å². The van der Waals surface area contributed by atoms with Gasteiger partial charge in [0.2, 0.25) is 0 Å². The van der Waals surface area contributed by atoms with Gasteiger partial charge < -0.3 is 9.67 Å². The molecule has 0 aliphatic heterocycles. The Morgan fingerprint density at radius 2 is 1.96 bits per heavy atom. The first kappa shape index (κ1) is 17.8. The highest BCUT2D eigenvalue weighted by Crippen LogP contribution is 2.39. The minimum absolute atomic E-state index is 0.0237. The average Bonchev–Trinajstić information content (AvgIpc) is 3.12. The molecule has 1 aromatic heterocycles. The second-order valence-corrected chi connectivity index (χ2v) is 8.04. The van der Waals surface area contributed by atoms with Crippen LogP contribution in [0.5, 0.6) is 5.75 Å². The topological polar surface area (TPSA) is 59.3 Å². The lowest BCUT2D eigenvalue weighted by molar-refractivity contribution is 0.0991. The molecule has 27 heavy (non-hydrogen) atoms. The lowest BCUT2D eigenvalue weighted by atomic mass is 10.0. The van der Waals surface area contributed by atoms with E-state index in [0.717, 1.165) is 58.7 Å². The van der Waals surface area contributed by atoms with Gasteiger partial charge in [-0.15, -0.1) is 0 Å². The van der Waals surface area contributed by atoms with Gasteiger partial charge in [-0.25, -0.2) is 0 Å². The molecule has 1 aliphatic carbocycles. The molecular weight excluding hydrogens is 338 g/mol. The zero-order chi connectivity index (χ0) is 19.3. The highest BCUT2D eigenvalue weighted by atomic mass is 16.3. The van der Waals surface area contributed by atoms with E-state index in [-0.39, 0.29) is 17.3 Å². The van der Waals surface area contributed by atoms with Crippen LogP contribution in [0.3, 0.4) is 0 Å². The van der Waals surface area contributed by atoms with Crippen LogP contribution < -0.4 is 0 Å². The molecule has 3 aromatic rings. The van der Waals surface area contributed by atoms with Crippen molar-refractivity contribution in [1.82, 2.24) is 4.57 Å². The number of nitrogens with zero attached hydrogens (tertiary/aromatic N) is 1. The normalized spacial score (nSPS) is 13.9.